The summed E-state index contributed by atoms with van der Waals surface area (Å²) in [5, 5.41) is 0. The quantitative estimate of drug-likeness (QED) is 0.528. The van der Waals surface area contributed by atoms with Crippen LogP contribution in [-0.2, 0) is 16.0 Å². The van der Waals surface area contributed by atoms with E-state index in [9.17, 15) is 4.79 Å². The summed E-state index contributed by atoms with van der Waals surface area (Å²) in [4.78, 5) is 11.2. The predicted octanol–water partition coefficient (Wildman–Crippen LogP) is 1.98. The summed E-state index contributed by atoms with van der Waals surface area (Å²) in [6, 6.07) is 5.54. The van der Waals surface area contributed by atoms with Crippen molar-refractivity contribution in [3.63, 3.8) is 0 Å². The number of nitrogens with two attached hydrogens (primary N) is 1. The molecule has 76 valence electrons. The number of halogens is 1. The molecule has 0 spiro atoms. The van der Waals surface area contributed by atoms with Gasteiger partial charge in [0.2, 0.25) is 0 Å². The van der Waals surface area contributed by atoms with E-state index >= 15 is 0 Å². The predicted molar refractivity (Wildman–Crippen MR) is 63.9 cm³/mol. The second-order valence-electron chi connectivity index (χ2n) is 2.80. The topological polar surface area (TPSA) is 52.3 Å². The van der Waals surface area contributed by atoms with Crippen molar-refractivity contribution in [1.82, 2.24) is 0 Å². The molecule has 0 fully saturated rings. The minimum absolute atomic E-state index is 0.212. The third-order valence-corrected chi connectivity index (χ3v) is 3.06. The Morgan fingerprint density at radius 2 is 2.29 bits per heavy atom. The van der Waals surface area contributed by atoms with Crippen LogP contribution in [0.15, 0.2) is 18.2 Å². The van der Waals surface area contributed by atoms with Crippen LogP contribution in [0.5, 0.6) is 0 Å². The Labute approximate surface area is 96.8 Å². The maximum Gasteiger partial charge on any atom is 0.310 e. The number of hydrogen-bond acceptors (Lipinski definition) is 3. The molecule has 0 bridgehead atoms. The normalized spacial score (nSPS) is 9.86. The number of anilines is 1. The molecule has 0 aliphatic rings. The lowest BCUT2D eigenvalue weighted by atomic mass is 10.1. The lowest BCUT2D eigenvalue weighted by Gasteiger charge is -2.06. The Kier molecular flexibility index (Phi) is 4.19. The molecule has 3 nitrogen and oxygen atoms in total. The zero-order valence-corrected chi connectivity index (χ0v) is 10.1. The summed E-state index contributed by atoms with van der Waals surface area (Å²) < 4.78 is 5.79. The number of benzene rings is 1. The average molecular weight is 305 g/mol. The molecule has 0 amide bonds. The molecule has 4 heteroatoms. The average Bonchev–Trinajstić information content (AvgIpc) is 2.13. The molecule has 0 aliphatic heterocycles. The standard InChI is InChI=1S/C10H12INO2/c1-2-14-9(13)6-7-4-3-5-8(12)10(7)11/h3-5H,2,6,12H2,1H3. The van der Waals surface area contributed by atoms with Crippen molar-refractivity contribution in [2.45, 2.75) is 13.3 Å². The minimum Gasteiger partial charge on any atom is -0.466 e. The van der Waals surface area contributed by atoms with E-state index in [0.717, 1.165) is 9.13 Å². The van der Waals surface area contributed by atoms with Gasteiger partial charge in [0.1, 0.15) is 0 Å². The van der Waals surface area contributed by atoms with Crippen LogP contribution >= 0.6 is 22.6 Å². The van der Waals surface area contributed by atoms with Gasteiger partial charge in [0.15, 0.2) is 0 Å². The van der Waals surface area contributed by atoms with Crippen molar-refractivity contribution < 1.29 is 9.53 Å². The van der Waals surface area contributed by atoms with E-state index < -0.39 is 0 Å². The van der Waals surface area contributed by atoms with Gasteiger partial charge < -0.3 is 10.5 Å². The molecule has 0 aromatic heterocycles. The highest BCUT2D eigenvalue weighted by molar-refractivity contribution is 14.1. The SMILES string of the molecule is CCOC(=O)Cc1cccc(N)c1I. The molecule has 0 atom stereocenters. The van der Waals surface area contributed by atoms with Gasteiger partial charge in [0, 0.05) is 9.26 Å². The molecule has 2 N–H and O–H groups in total. The molecule has 0 radical (unpaired) electrons. The van der Waals surface area contributed by atoms with Gasteiger partial charge in [-0.15, -0.1) is 0 Å². The lowest BCUT2D eigenvalue weighted by Crippen LogP contribution is -2.09. The van der Waals surface area contributed by atoms with E-state index in [1.807, 2.05) is 18.2 Å². The van der Waals surface area contributed by atoms with E-state index in [0.29, 0.717) is 12.3 Å². The van der Waals surface area contributed by atoms with Crippen molar-refractivity contribution in [3.05, 3.63) is 27.3 Å². The highest BCUT2D eigenvalue weighted by atomic mass is 127. The second-order valence-corrected chi connectivity index (χ2v) is 3.88. The molecular weight excluding hydrogens is 293 g/mol. The Bertz CT molecular complexity index is 339. The smallest absolute Gasteiger partial charge is 0.310 e. The van der Waals surface area contributed by atoms with E-state index in [1.54, 1.807) is 6.92 Å². The lowest BCUT2D eigenvalue weighted by molar-refractivity contribution is -0.142. The first-order valence-corrected chi connectivity index (χ1v) is 5.41. The number of carbonyl (C=O) groups excluding carboxylic acids is 1. The molecular formula is C10H12INO2. The van der Waals surface area contributed by atoms with Gasteiger partial charge >= 0.3 is 5.97 Å². The Hall–Kier alpha value is -0.780. The number of ether oxygens (including phenoxy) is 1. The summed E-state index contributed by atoms with van der Waals surface area (Å²) in [6.45, 7) is 2.21. The maximum absolute atomic E-state index is 11.2. The van der Waals surface area contributed by atoms with Gasteiger partial charge in [-0.2, -0.15) is 0 Å². The van der Waals surface area contributed by atoms with Crippen LogP contribution in [0.1, 0.15) is 12.5 Å². The Morgan fingerprint density at radius 3 is 2.93 bits per heavy atom. The van der Waals surface area contributed by atoms with Crippen molar-refractivity contribution >= 4 is 34.2 Å². The van der Waals surface area contributed by atoms with Gasteiger partial charge in [-0.25, -0.2) is 0 Å². The molecule has 1 rings (SSSR count). The van der Waals surface area contributed by atoms with Gasteiger partial charge in [0.05, 0.1) is 13.0 Å². The Balaban J connectivity index is 2.76. The van der Waals surface area contributed by atoms with Crippen molar-refractivity contribution in [2.75, 3.05) is 12.3 Å². The summed E-state index contributed by atoms with van der Waals surface area (Å²) in [5.41, 5.74) is 7.33. The summed E-state index contributed by atoms with van der Waals surface area (Å²) in [5.74, 6) is -0.212. The molecule has 1 aromatic carbocycles. The van der Waals surface area contributed by atoms with Crippen LogP contribution in [0.3, 0.4) is 0 Å². The number of esters is 1. The molecule has 0 heterocycles. The van der Waals surface area contributed by atoms with E-state index in [-0.39, 0.29) is 12.4 Å². The zero-order valence-electron chi connectivity index (χ0n) is 7.92. The third kappa shape index (κ3) is 2.87. The van der Waals surface area contributed by atoms with Crippen molar-refractivity contribution in [3.8, 4) is 0 Å². The van der Waals surface area contributed by atoms with Crippen LogP contribution < -0.4 is 5.73 Å². The first-order chi connectivity index (χ1) is 6.65. The largest absolute Gasteiger partial charge is 0.466 e. The van der Waals surface area contributed by atoms with Crippen molar-refractivity contribution in [2.24, 2.45) is 0 Å². The van der Waals surface area contributed by atoms with Gasteiger partial charge in [0.25, 0.3) is 0 Å². The molecule has 0 aliphatic carbocycles. The van der Waals surface area contributed by atoms with E-state index in [4.69, 9.17) is 10.5 Å². The monoisotopic (exact) mass is 305 g/mol. The van der Waals surface area contributed by atoms with Crippen LogP contribution in [0.25, 0.3) is 0 Å². The van der Waals surface area contributed by atoms with Crippen LogP contribution in [0.2, 0.25) is 0 Å². The summed E-state index contributed by atoms with van der Waals surface area (Å²) >= 11 is 2.13. The van der Waals surface area contributed by atoms with Gasteiger partial charge in [-0.1, -0.05) is 12.1 Å². The fraction of sp³-hybridized carbons (Fsp3) is 0.300. The minimum atomic E-state index is -0.212. The number of nitrogen functional groups attached to an aromatic ring is 1. The van der Waals surface area contributed by atoms with E-state index in [2.05, 4.69) is 22.6 Å². The zero-order chi connectivity index (χ0) is 10.6. The fourth-order valence-electron chi connectivity index (χ4n) is 1.10. The highest BCUT2D eigenvalue weighted by Crippen LogP contribution is 2.19. The number of hydrogen-bond donors (Lipinski definition) is 1. The van der Waals surface area contributed by atoms with Crippen LogP contribution in [-0.4, -0.2) is 12.6 Å². The van der Waals surface area contributed by atoms with Gasteiger partial charge in [-0.05, 0) is 41.1 Å². The molecule has 0 saturated carbocycles. The van der Waals surface area contributed by atoms with Gasteiger partial charge in [-0.3, -0.25) is 4.79 Å². The van der Waals surface area contributed by atoms with Crippen LogP contribution in [0.4, 0.5) is 5.69 Å². The molecule has 0 saturated heterocycles. The van der Waals surface area contributed by atoms with E-state index in [1.165, 1.54) is 0 Å². The molecule has 1 aromatic rings. The second kappa shape index (κ2) is 5.19. The number of rotatable bonds is 3. The van der Waals surface area contributed by atoms with Crippen LogP contribution in [0, 0.1) is 3.57 Å². The molecule has 0 unspecified atom stereocenters. The maximum atomic E-state index is 11.2. The number of carbonyl (C=O) groups is 1. The summed E-state index contributed by atoms with van der Waals surface area (Å²) in [7, 11) is 0. The fourth-order valence-corrected chi connectivity index (χ4v) is 1.65. The first kappa shape index (κ1) is 11.3. The van der Waals surface area contributed by atoms with Crippen molar-refractivity contribution in [1.29, 1.82) is 0 Å². The summed E-state index contributed by atoms with van der Waals surface area (Å²) in [6.07, 6.45) is 0.289. The Morgan fingerprint density at radius 1 is 1.57 bits per heavy atom. The molecule has 14 heavy (non-hydrogen) atoms. The first-order valence-electron chi connectivity index (χ1n) is 4.33. The highest BCUT2D eigenvalue weighted by Gasteiger charge is 2.08. The third-order valence-electron chi connectivity index (χ3n) is 1.75.